The molecule has 1 atom stereocenters. The van der Waals surface area contributed by atoms with Crippen molar-refractivity contribution in [1.82, 2.24) is 14.1 Å². The molecule has 1 unspecified atom stereocenters. The topological polar surface area (TPSA) is 87.2 Å². The molecule has 34 heavy (non-hydrogen) atoms. The molecule has 2 amide bonds. The van der Waals surface area contributed by atoms with E-state index >= 15 is 0 Å². The third-order valence-electron chi connectivity index (χ3n) is 5.81. The van der Waals surface area contributed by atoms with Gasteiger partial charge in [0.1, 0.15) is 5.75 Å². The molecule has 0 bridgehead atoms. The highest BCUT2D eigenvalue weighted by Gasteiger charge is 2.43. The standard InChI is InChI=1S/C22H22F3N3O5S/c23-22(24,25)33-17-6-8-18(9-7-17)34(31,32)27-12-10-26(11-13-27)19-14-20(29)28(21(19)30)15-16-4-2-1-3-5-16/h1-9,19H,10-15H2. The second-order valence-electron chi connectivity index (χ2n) is 7.98. The van der Waals surface area contributed by atoms with Crippen molar-refractivity contribution in [3.63, 3.8) is 0 Å². The minimum Gasteiger partial charge on any atom is -0.406 e. The summed E-state index contributed by atoms with van der Waals surface area (Å²) in [5, 5.41) is 0. The molecule has 2 aliphatic heterocycles. The van der Waals surface area contributed by atoms with Crippen LogP contribution in [0.5, 0.6) is 5.75 Å². The van der Waals surface area contributed by atoms with Crippen LogP contribution in [0.15, 0.2) is 59.5 Å². The number of nitrogens with zero attached hydrogens (tertiary/aromatic N) is 3. The Bertz CT molecular complexity index is 1150. The fraction of sp³-hybridized carbons (Fsp3) is 0.364. The number of hydrogen-bond acceptors (Lipinski definition) is 6. The molecule has 182 valence electrons. The SMILES string of the molecule is O=C1CC(N2CCN(S(=O)(=O)c3ccc(OC(F)(F)F)cc3)CC2)C(=O)N1Cc1ccccc1. The number of imide groups is 1. The van der Waals surface area contributed by atoms with Gasteiger partial charge in [-0.3, -0.25) is 19.4 Å². The Morgan fingerprint density at radius 3 is 2.12 bits per heavy atom. The van der Waals surface area contributed by atoms with Crippen LogP contribution in [0, 0.1) is 0 Å². The van der Waals surface area contributed by atoms with Gasteiger partial charge in [0.05, 0.1) is 23.9 Å². The maximum atomic E-state index is 12.9. The Labute approximate surface area is 194 Å². The second kappa shape index (κ2) is 9.35. The van der Waals surface area contributed by atoms with E-state index in [4.69, 9.17) is 0 Å². The number of sulfonamides is 1. The van der Waals surface area contributed by atoms with Crippen molar-refractivity contribution in [3.05, 3.63) is 60.2 Å². The highest BCUT2D eigenvalue weighted by Crippen LogP contribution is 2.27. The van der Waals surface area contributed by atoms with Gasteiger partial charge < -0.3 is 4.74 Å². The lowest BCUT2D eigenvalue weighted by Crippen LogP contribution is -2.53. The van der Waals surface area contributed by atoms with Gasteiger partial charge in [0.15, 0.2) is 0 Å². The summed E-state index contributed by atoms with van der Waals surface area (Å²) < 4.78 is 67.7. The van der Waals surface area contributed by atoms with Crippen molar-refractivity contribution in [2.45, 2.75) is 30.3 Å². The summed E-state index contributed by atoms with van der Waals surface area (Å²) in [5.74, 6) is -1.08. The zero-order valence-electron chi connectivity index (χ0n) is 17.9. The fourth-order valence-corrected chi connectivity index (χ4v) is 5.52. The molecule has 0 aromatic heterocycles. The summed E-state index contributed by atoms with van der Waals surface area (Å²) in [7, 11) is -3.94. The summed E-state index contributed by atoms with van der Waals surface area (Å²) in [6.07, 6.45) is -4.83. The molecule has 2 aromatic rings. The van der Waals surface area contributed by atoms with Crippen LogP contribution in [-0.4, -0.2) is 72.9 Å². The molecule has 4 rings (SSSR count). The number of benzene rings is 2. The number of likely N-dealkylation sites (tertiary alicyclic amines) is 1. The van der Waals surface area contributed by atoms with Crippen LogP contribution in [0.4, 0.5) is 13.2 Å². The summed E-state index contributed by atoms with van der Waals surface area (Å²) in [4.78, 5) is 28.2. The molecule has 8 nitrogen and oxygen atoms in total. The number of hydrogen-bond donors (Lipinski definition) is 0. The maximum absolute atomic E-state index is 12.9. The van der Waals surface area contributed by atoms with Gasteiger partial charge in [0, 0.05) is 26.2 Å². The average Bonchev–Trinajstić information content (AvgIpc) is 3.07. The summed E-state index contributed by atoms with van der Waals surface area (Å²) in [6.45, 7) is 0.853. The van der Waals surface area contributed by atoms with Crippen molar-refractivity contribution < 1.29 is 35.9 Å². The maximum Gasteiger partial charge on any atom is 0.573 e. The van der Waals surface area contributed by atoms with Crippen LogP contribution >= 0.6 is 0 Å². The van der Waals surface area contributed by atoms with Crippen LogP contribution in [0.1, 0.15) is 12.0 Å². The quantitative estimate of drug-likeness (QED) is 0.569. The Morgan fingerprint density at radius 1 is 0.912 bits per heavy atom. The number of piperazine rings is 1. The molecule has 2 aromatic carbocycles. The van der Waals surface area contributed by atoms with Crippen molar-refractivity contribution in [2.24, 2.45) is 0 Å². The van der Waals surface area contributed by atoms with Gasteiger partial charge in [-0.15, -0.1) is 13.2 Å². The van der Waals surface area contributed by atoms with Crippen LogP contribution in [0.2, 0.25) is 0 Å². The average molecular weight is 497 g/mol. The lowest BCUT2D eigenvalue weighted by Gasteiger charge is -2.36. The molecule has 2 fully saturated rings. The number of amides is 2. The van der Waals surface area contributed by atoms with E-state index in [-0.39, 0.29) is 55.9 Å². The number of ether oxygens (including phenoxy) is 1. The van der Waals surface area contributed by atoms with E-state index in [0.29, 0.717) is 0 Å². The molecular weight excluding hydrogens is 475 g/mol. The molecule has 0 spiro atoms. The zero-order chi connectivity index (χ0) is 24.5. The third kappa shape index (κ3) is 5.24. The smallest absolute Gasteiger partial charge is 0.406 e. The molecule has 0 N–H and O–H groups in total. The number of alkyl halides is 3. The first kappa shape index (κ1) is 24.2. The summed E-state index contributed by atoms with van der Waals surface area (Å²) >= 11 is 0. The zero-order valence-corrected chi connectivity index (χ0v) is 18.8. The molecule has 12 heteroatoms. The normalized spacial score (nSPS) is 20.7. The van der Waals surface area contributed by atoms with Gasteiger partial charge in [-0.1, -0.05) is 30.3 Å². The molecule has 0 aliphatic carbocycles. The predicted molar refractivity (Wildman–Crippen MR) is 114 cm³/mol. The fourth-order valence-electron chi connectivity index (χ4n) is 4.10. The number of rotatable bonds is 6. The lowest BCUT2D eigenvalue weighted by atomic mass is 10.2. The largest absolute Gasteiger partial charge is 0.573 e. The van der Waals surface area contributed by atoms with E-state index in [1.54, 1.807) is 4.90 Å². The number of carbonyl (C=O) groups excluding carboxylic acids is 2. The van der Waals surface area contributed by atoms with Crippen molar-refractivity contribution in [3.8, 4) is 5.75 Å². The minimum absolute atomic E-state index is 0.0408. The second-order valence-corrected chi connectivity index (χ2v) is 9.92. The molecule has 2 saturated heterocycles. The first-order valence-corrected chi connectivity index (χ1v) is 12.0. The van der Waals surface area contributed by atoms with Gasteiger partial charge in [0.2, 0.25) is 21.8 Å². The van der Waals surface area contributed by atoms with Gasteiger partial charge >= 0.3 is 6.36 Å². The molecule has 0 saturated carbocycles. The van der Waals surface area contributed by atoms with Crippen LogP contribution in [0.25, 0.3) is 0 Å². The Kier molecular flexibility index (Phi) is 6.65. The first-order valence-electron chi connectivity index (χ1n) is 10.5. The monoisotopic (exact) mass is 497 g/mol. The number of carbonyl (C=O) groups is 2. The highest BCUT2D eigenvalue weighted by molar-refractivity contribution is 7.89. The molecule has 2 aliphatic rings. The van der Waals surface area contributed by atoms with Gasteiger partial charge in [-0.05, 0) is 29.8 Å². The molecule has 0 radical (unpaired) electrons. The van der Waals surface area contributed by atoms with Crippen molar-refractivity contribution in [2.75, 3.05) is 26.2 Å². The third-order valence-corrected chi connectivity index (χ3v) is 7.73. The van der Waals surface area contributed by atoms with E-state index in [1.165, 1.54) is 9.21 Å². The van der Waals surface area contributed by atoms with Gasteiger partial charge in [-0.25, -0.2) is 8.42 Å². The Hall–Kier alpha value is -2.96. The lowest BCUT2D eigenvalue weighted by molar-refractivity contribution is -0.274. The first-order chi connectivity index (χ1) is 16.0. The van der Waals surface area contributed by atoms with E-state index in [2.05, 4.69) is 4.74 Å². The van der Waals surface area contributed by atoms with Gasteiger partial charge in [-0.2, -0.15) is 4.31 Å². The van der Waals surface area contributed by atoms with Crippen LogP contribution in [0.3, 0.4) is 0 Å². The molecule has 2 heterocycles. The highest BCUT2D eigenvalue weighted by atomic mass is 32.2. The number of halogens is 3. The Morgan fingerprint density at radius 2 is 1.53 bits per heavy atom. The predicted octanol–water partition coefficient (Wildman–Crippen LogP) is 2.22. The van der Waals surface area contributed by atoms with Crippen LogP contribution in [-0.2, 0) is 26.2 Å². The van der Waals surface area contributed by atoms with Crippen molar-refractivity contribution >= 4 is 21.8 Å². The minimum atomic E-state index is -4.87. The van der Waals surface area contributed by atoms with E-state index in [9.17, 15) is 31.2 Å². The van der Waals surface area contributed by atoms with Crippen molar-refractivity contribution in [1.29, 1.82) is 0 Å². The summed E-state index contributed by atoms with van der Waals surface area (Å²) in [5.41, 5.74) is 0.840. The van der Waals surface area contributed by atoms with E-state index in [0.717, 1.165) is 29.8 Å². The van der Waals surface area contributed by atoms with E-state index < -0.39 is 28.2 Å². The molecular formula is C22H22F3N3O5S. The van der Waals surface area contributed by atoms with E-state index in [1.807, 2.05) is 30.3 Å². The van der Waals surface area contributed by atoms with Crippen LogP contribution < -0.4 is 4.74 Å². The Balaban J connectivity index is 1.37. The van der Waals surface area contributed by atoms with Gasteiger partial charge in [0.25, 0.3) is 0 Å². The summed E-state index contributed by atoms with van der Waals surface area (Å²) in [6, 6.07) is 12.5.